The molecule has 0 N–H and O–H groups in total. The Kier molecular flexibility index (Phi) is 4.15. The fourth-order valence-electron chi connectivity index (χ4n) is 9.75. The van der Waals surface area contributed by atoms with E-state index in [2.05, 4.69) is 30.3 Å². The van der Waals surface area contributed by atoms with Crippen LogP contribution < -0.4 is 0 Å². The molecule has 0 amide bonds. The highest BCUT2D eigenvalue weighted by molar-refractivity contribution is 6.11. The highest BCUT2D eigenvalue weighted by Gasteiger charge is 2.51. The van der Waals surface area contributed by atoms with E-state index < -0.39 is 166 Å². The molecular formula is C58H35N5. The van der Waals surface area contributed by atoms with Gasteiger partial charge in [0, 0.05) is 27.1 Å². The molecule has 3 heterocycles. The van der Waals surface area contributed by atoms with Gasteiger partial charge in [0.2, 0.25) is 11.9 Å². The van der Waals surface area contributed by atoms with Gasteiger partial charge in [0.1, 0.15) is 0 Å². The van der Waals surface area contributed by atoms with Crippen molar-refractivity contribution in [1.82, 2.24) is 24.1 Å². The predicted octanol–water partition coefficient (Wildman–Crippen LogP) is 13.7. The number of fused-ring (bicyclic) bond motifs is 16. The van der Waals surface area contributed by atoms with Gasteiger partial charge in [-0.1, -0.05) is 182 Å². The Bertz CT molecular complexity index is 4900. The molecule has 292 valence electrons. The van der Waals surface area contributed by atoms with E-state index in [9.17, 15) is 12.3 Å². The lowest BCUT2D eigenvalue weighted by Gasteiger charge is -2.30. The third-order valence-corrected chi connectivity index (χ3v) is 12.2. The molecule has 0 saturated carbocycles. The minimum absolute atomic E-state index is 0.216. The Morgan fingerprint density at radius 1 is 0.365 bits per heavy atom. The third kappa shape index (κ3) is 4.63. The number of para-hydroxylation sites is 3. The molecule has 0 bridgehead atoms. The number of nitrogens with zero attached hydrogens (tertiary/aromatic N) is 5. The van der Waals surface area contributed by atoms with E-state index in [0.717, 1.165) is 53.6 Å². The summed E-state index contributed by atoms with van der Waals surface area (Å²) < 4.78 is 184. The van der Waals surface area contributed by atoms with Crippen molar-refractivity contribution in [2.75, 3.05) is 0 Å². The van der Waals surface area contributed by atoms with E-state index in [-0.39, 0.29) is 38.6 Å². The number of benzene rings is 9. The molecule has 0 aliphatic heterocycles. The Balaban J connectivity index is 1.19. The zero-order valence-electron chi connectivity index (χ0n) is 52.4. The van der Waals surface area contributed by atoms with E-state index in [1.807, 2.05) is 54.6 Å². The van der Waals surface area contributed by atoms with Crippen LogP contribution in [0.5, 0.6) is 0 Å². The van der Waals surface area contributed by atoms with Gasteiger partial charge in [-0.25, -0.2) is 0 Å². The van der Waals surface area contributed by atoms with Gasteiger partial charge in [-0.3, -0.25) is 9.13 Å². The summed E-state index contributed by atoms with van der Waals surface area (Å²) in [4.78, 5) is 15.0. The van der Waals surface area contributed by atoms with Gasteiger partial charge < -0.3 is 0 Å². The first-order chi connectivity index (χ1) is 39.6. The summed E-state index contributed by atoms with van der Waals surface area (Å²) in [5.74, 6) is -1.35. The lowest BCUT2D eigenvalue weighted by molar-refractivity contribution is 0.793. The van der Waals surface area contributed by atoms with Crippen LogP contribution in [0.2, 0.25) is 0 Å². The molecule has 9 aromatic carbocycles. The van der Waals surface area contributed by atoms with Crippen LogP contribution in [-0.2, 0) is 5.41 Å². The third-order valence-electron chi connectivity index (χ3n) is 12.2. The maximum Gasteiger partial charge on any atom is 0.240 e. The van der Waals surface area contributed by atoms with Gasteiger partial charge >= 0.3 is 0 Å². The average Bonchev–Trinajstić information content (AvgIpc) is 1.60. The molecule has 1 spiro atoms. The van der Waals surface area contributed by atoms with Crippen molar-refractivity contribution in [1.29, 1.82) is 0 Å². The zero-order valence-corrected chi connectivity index (χ0v) is 32.4. The van der Waals surface area contributed by atoms with Crippen molar-refractivity contribution in [3.63, 3.8) is 0 Å². The van der Waals surface area contributed by atoms with Crippen LogP contribution in [0, 0.1) is 0 Å². The van der Waals surface area contributed by atoms with Crippen LogP contribution in [0.4, 0.5) is 0 Å². The first kappa shape index (κ1) is 20.4. The second-order valence-electron chi connectivity index (χ2n) is 15.2. The molecule has 63 heavy (non-hydrogen) atoms. The number of hydrogen-bond donors (Lipinski definition) is 0. The normalized spacial score (nSPS) is 17.7. The van der Waals surface area contributed by atoms with Crippen LogP contribution in [0.15, 0.2) is 212 Å². The van der Waals surface area contributed by atoms with Gasteiger partial charge in [0.05, 0.1) is 54.9 Å². The molecule has 14 rings (SSSR count). The fourth-order valence-corrected chi connectivity index (χ4v) is 9.75. The molecule has 5 heteroatoms. The summed E-state index contributed by atoms with van der Waals surface area (Å²) >= 11 is 0. The van der Waals surface area contributed by atoms with E-state index in [0.29, 0.717) is 0 Å². The molecule has 2 aliphatic carbocycles. The Labute approximate surface area is 391 Å². The van der Waals surface area contributed by atoms with Crippen LogP contribution in [0.25, 0.3) is 100 Å². The van der Waals surface area contributed by atoms with Crippen molar-refractivity contribution in [3.05, 3.63) is 234 Å². The first-order valence-electron chi connectivity index (χ1n) is 29.9. The SMILES string of the molecule is [2H]c1c([2H])c([2H])c(-c2c([2H])c([2H])c3c4c([2H])c([2H])c([2H])c([2H])c4n(-c4nc(-c5ccc6c(c5)C5(c7ccccc7-c7ccccc75)c5ccccc5-6)nc(-n5c6c([2H])c([2H])c([2H])c([2H])c6c6c([2H])c([2H])c([2H])c([2H])c65)n4)c3c2[2H])c([2H])c1[2H]. The van der Waals surface area contributed by atoms with Gasteiger partial charge in [0.25, 0.3) is 0 Å². The van der Waals surface area contributed by atoms with E-state index in [4.69, 9.17) is 30.0 Å². The summed E-state index contributed by atoms with van der Waals surface area (Å²) in [6.07, 6.45) is 0. The molecule has 0 radical (unpaired) electrons. The van der Waals surface area contributed by atoms with Crippen molar-refractivity contribution in [3.8, 4) is 56.7 Å². The monoisotopic (exact) mass is 821 g/mol. The Hall–Kier alpha value is -8.41. The highest BCUT2D eigenvalue weighted by Crippen LogP contribution is 2.63. The molecule has 0 saturated heterocycles. The quantitative estimate of drug-likeness (QED) is 0.178. The van der Waals surface area contributed by atoms with Crippen molar-refractivity contribution in [2.45, 2.75) is 5.41 Å². The van der Waals surface area contributed by atoms with E-state index in [1.54, 1.807) is 6.07 Å². The van der Waals surface area contributed by atoms with Gasteiger partial charge in [-0.2, -0.15) is 15.0 Å². The second kappa shape index (κ2) is 12.8. The predicted molar refractivity (Wildman–Crippen MR) is 256 cm³/mol. The fraction of sp³-hybridized carbons (Fsp3) is 0.0172. The number of aromatic nitrogens is 5. The Morgan fingerprint density at radius 2 is 0.825 bits per heavy atom. The lowest BCUT2D eigenvalue weighted by atomic mass is 9.70. The average molecular weight is 822 g/mol. The van der Waals surface area contributed by atoms with Crippen LogP contribution in [0.1, 0.15) is 49.7 Å². The summed E-state index contributed by atoms with van der Waals surface area (Å²) in [5, 5.41) is -1.42. The minimum atomic E-state index is -0.929. The topological polar surface area (TPSA) is 48.5 Å². The second-order valence-corrected chi connectivity index (χ2v) is 15.2. The number of rotatable bonds is 4. The molecule has 12 aromatic rings. The number of hydrogen-bond acceptors (Lipinski definition) is 3. The van der Waals surface area contributed by atoms with Crippen molar-refractivity contribution < 1.29 is 27.4 Å². The van der Waals surface area contributed by atoms with Crippen LogP contribution in [-0.4, -0.2) is 24.1 Å². The minimum Gasteiger partial charge on any atom is -0.278 e. The summed E-state index contributed by atoms with van der Waals surface area (Å²) in [6.45, 7) is 0. The van der Waals surface area contributed by atoms with Gasteiger partial charge in [-0.05, 0) is 85.9 Å². The molecule has 2 aliphatic rings. The van der Waals surface area contributed by atoms with Crippen LogP contribution in [0.3, 0.4) is 0 Å². The summed E-state index contributed by atoms with van der Waals surface area (Å²) in [7, 11) is 0. The maximum atomic E-state index is 10.0. The molecule has 0 fully saturated rings. The lowest BCUT2D eigenvalue weighted by Crippen LogP contribution is -2.25. The molecular weight excluding hydrogens is 767 g/mol. The highest BCUT2D eigenvalue weighted by atomic mass is 15.3. The largest absolute Gasteiger partial charge is 0.278 e. The van der Waals surface area contributed by atoms with Crippen molar-refractivity contribution in [2.24, 2.45) is 0 Å². The molecule has 5 nitrogen and oxygen atoms in total. The standard InChI is InChI=1S/C58H35N5/c1-2-16-36(17-3-1)37-30-33-46-45-23-9-15-29-53(45)63(54(46)35-37)57-60-55(59-56(61-57)62-51-27-13-7-21-43(51)44-22-8-14-28-52(44)62)38-31-32-42-41-20-6-12-26-49(41)58(50(42)34-38)47-24-10-4-18-39(47)40-19-5-11-25-48(40)58/h1-35H/i1D,2D,3D,7D,8D,9D,13D,14D,15D,16D,17D,21D,22D,23D,27D,28D,29D,30D,33D,35D. The zero-order chi connectivity index (χ0) is 58.6. The van der Waals surface area contributed by atoms with Gasteiger partial charge in [-0.15, -0.1) is 0 Å². The first-order valence-corrected chi connectivity index (χ1v) is 19.9. The van der Waals surface area contributed by atoms with E-state index in [1.165, 1.54) is 0 Å². The molecule has 3 aromatic heterocycles. The smallest absolute Gasteiger partial charge is 0.240 e. The summed E-state index contributed by atoms with van der Waals surface area (Å²) in [5.41, 5.74) is 3.89. The summed E-state index contributed by atoms with van der Waals surface area (Å²) in [6, 6.07) is 14.6. The van der Waals surface area contributed by atoms with Crippen molar-refractivity contribution >= 4 is 43.6 Å². The van der Waals surface area contributed by atoms with Crippen LogP contribution >= 0.6 is 0 Å². The molecule has 0 unspecified atom stereocenters. The Morgan fingerprint density at radius 3 is 1.38 bits per heavy atom. The van der Waals surface area contributed by atoms with E-state index >= 15 is 0 Å². The van der Waals surface area contributed by atoms with Gasteiger partial charge in [0.15, 0.2) is 5.82 Å². The maximum absolute atomic E-state index is 10.0. The molecule has 0 atom stereocenters.